The molecule has 0 aromatic heterocycles. The molecule has 150 valence electrons. The number of hydrogen-bond donors (Lipinski definition) is 0. The standard InChI is InChI=1S/C22H27ClN2O3/c1-24(2)19-10-8-17(9-11-19)14-25(15-21-7-4-12-27-21)22(26)16-28-20-6-3-5-18(23)13-20/h3,5-6,8-11,13,21H,4,7,12,14-16H2,1-2H3/t21-/m0/s1. The smallest absolute Gasteiger partial charge is 0.260 e. The highest BCUT2D eigenvalue weighted by molar-refractivity contribution is 6.30. The molecule has 1 fully saturated rings. The first-order chi connectivity index (χ1) is 13.5. The second kappa shape index (κ2) is 9.80. The molecule has 28 heavy (non-hydrogen) atoms. The number of rotatable bonds is 8. The SMILES string of the molecule is CN(C)c1ccc(CN(C[C@@H]2CCCO2)C(=O)COc2cccc(Cl)c2)cc1. The number of carbonyl (C=O) groups excluding carboxylic acids is 1. The summed E-state index contributed by atoms with van der Waals surface area (Å²) in [6.07, 6.45) is 2.12. The zero-order valence-corrected chi connectivity index (χ0v) is 17.2. The fourth-order valence-corrected chi connectivity index (χ4v) is 3.38. The average Bonchev–Trinajstić information content (AvgIpc) is 3.19. The van der Waals surface area contributed by atoms with E-state index in [0.717, 1.165) is 30.7 Å². The Bertz CT molecular complexity index is 774. The highest BCUT2D eigenvalue weighted by atomic mass is 35.5. The van der Waals surface area contributed by atoms with Crippen molar-refractivity contribution in [2.24, 2.45) is 0 Å². The molecule has 1 aliphatic heterocycles. The van der Waals surface area contributed by atoms with Crippen LogP contribution in [-0.2, 0) is 16.1 Å². The molecule has 3 rings (SSSR count). The molecule has 1 heterocycles. The van der Waals surface area contributed by atoms with Gasteiger partial charge in [0.15, 0.2) is 6.61 Å². The highest BCUT2D eigenvalue weighted by Gasteiger charge is 2.23. The molecular formula is C22H27ClN2O3. The van der Waals surface area contributed by atoms with Crippen molar-refractivity contribution in [3.8, 4) is 5.75 Å². The van der Waals surface area contributed by atoms with Crippen molar-refractivity contribution in [3.05, 3.63) is 59.1 Å². The Morgan fingerprint density at radius 1 is 1.21 bits per heavy atom. The molecule has 1 aliphatic rings. The summed E-state index contributed by atoms with van der Waals surface area (Å²) in [5.41, 5.74) is 2.21. The largest absolute Gasteiger partial charge is 0.484 e. The van der Waals surface area contributed by atoms with E-state index in [2.05, 4.69) is 29.2 Å². The minimum atomic E-state index is -0.0628. The topological polar surface area (TPSA) is 42.0 Å². The van der Waals surface area contributed by atoms with Gasteiger partial charge in [-0.1, -0.05) is 29.8 Å². The van der Waals surface area contributed by atoms with Gasteiger partial charge < -0.3 is 19.3 Å². The Morgan fingerprint density at radius 2 is 2.00 bits per heavy atom. The van der Waals surface area contributed by atoms with Crippen molar-refractivity contribution in [2.75, 3.05) is 38.8 Å². The molecule has 0 aliphatic carbocycles. The molecule has 6 heteroatoms. The maximum atomic E-state index is 12.9. The van der Waals surface area contributed by atoms with Gasteiger partial charge in [-0.3, -0.25) is 4.79 Å². The van der Waals surface area contributed by atoms with Crippen LogP contribution in [0.25, 0.3) is 0 Å². The number of anilines is 1. The second-order valence-electron chi connectivity index (χ2n) is 7.22. The number of halogens is 1. The third kappa shape index (κ3) is 5.88. The van der Waals surface area contributed by atoms with Gasteiger partial charge in [0.25, 0.3) is 5.91 Å². The molecule has 2 aromatic carbocycles. The van der Waals surface area contributed by atoms with Gasteiger partial charge >= 0.3 is 0 Å². The normalized spacial score (nSPS) is 16.0. The Balaban J connectivity index is 1.65. The lowest BCUT2D eigenvalue weighted by Gasteiger charge is -2.26. The van der Waals surface area contributed by atoms with Crippen molar-refractivity contribution < 1.29 is 14.3 Å². The molecule has 0 saturated carbocycles. The van der Waals surface area contributed by atoms with E-state index in [-0.39, 0.29) is 18.6 Å². The molecule has 2 aromatic rings. The quantitative estimate of drug-likeness (QED) is 0.669. The fourth-order valence-electron chi connectivity index (χ4n) is 3.20. The van der Waals surface area contributed by atoms with Gasteiger partial charge in [0.1, 0.15) is 5.75 Å². The summed E-state index contributed by atoms with van der Waals surface area (Å²) in [5.74, 6) is 0.528. The predicted molar refractivity (Wildman–Crippen MR) is 112 cm³/mol. The molecular weight excluding hydrogens is 376 g/mol. The van der Waals surface area contributed by atoms with Gasteiger partial charge in [-0.25, -0.2) is 0 Å². The van der Waals surface area contributed by atoms with Crippen LogP contribution in [0, 0.1) is 0 Å². The van der Waals surface area contributed by atoms with Crippen molar-refractivity contribution in [1.82, 2.24) is 4.90 Å². The van der Waals surface area contributed by atoms with Gasteiger partial charge in [-0.05, 0) is 48.7 Å². The van der Waals surface area contributed by atoms with Crippen LogP contribution in [0.4, 0.5) is 5.69 Å². The number of nitrogens with zero attached hydrogens (tertiary/aromatic N) is 2. The highest BCUT2D eigenvalue weighted by Crippen LogP contribution is 2.19. The van der Waals surface area contributed by atoms with Gasteiger partial charge in [0.05, 0.1) is 6.10 Å². The molecule has 0 bridgehead atoms. The first-order valence-corrected chi connectivity index (χ1v) is 9.93. The Morgan fingerprint density at radius 3 is 2.64 bits per heavy atom. The first kappa shape index (κ1) is 20.5. The number of benzene rings is 2. The van der Waals surface area contributed by atoms with E-state index in [1.54, 1.807) is 24.3 Å². The van der Waals surface area contributed by atoms with Crippen LogP contribution < -0.4 is 9.64 Å². The molecule has 0 unspecified atom stereocenters. The minimum absolute atomic E-state index is 0.0250. The van der Waals surface area contributed by atoms with E-state index >= 15 is 0 Å². The van der Waals surface area contributed by atoms with E-state index in [1.807, 2.05) is 19.0 Å². The summed E-state index contributed by atoms with van der Waals surface area (Å²) >= 11 is 5.98. The Kier molecular flexibility index (Phi) is 7.18. The van der Waals surface area contributed by atoms with E-state index < -0.39 is 0 Å². The van der Waals surface area contributed by atoms with Crippen LogP contribution in [0.15, 0.2) is 48.5 Å². The van der Waals surface area contributed by atoms with Crippen LogP contribution in [0.2, 0.25) is 5.02 Å². The van der Waals surface area contributed by atoms with Crippen LogP contribution >= 0.6 is 11.6 Å². The predicted octanol–water partition coefficient (Wildman–Crippen LogP) is 3.99. The molecule has 0 N–H and O–H groups in total. The monoisotopic (exact) mass is 402 g/mol. The maximum Gasteiger partial charge on any atom is 0.260 e. The lowest BCUT2D eigenvalue weighted by atomic mass is 10.1. The molecule has 1 atom stereocenters. The summed E-state index contributed by atoms with van der Waals surface area (Å²) in [5, 5.41) is 0.585. The van der Waals surface area contributed by atoms with Crippen molar-refractivity contribution in [2.45, 2.75) is 25.5 Å². The fraction of sp³-hybridized carbons (Fsp3) is 0.409. The van der Waals surface area contributed by atoms with E-state index in [4.69, 9.17) is 21.1 Å². The van der Waals surface area contributed by atoms with Gasteiger partial charge in [0.2, 0.25) is 0 Å². The summed E-state index contributed by atoms with van der Waals surface area (Å²) < 4.78 is 11.4. The third-order valence-electron chi connectivity index (χ3n) is 4.79. The maximum absolute atomic E-state index is 12.9. The molecule has 0 radical (unpaired) electrons. The molecule has 5 nitrogen and oxygen atoms in total. The first-order valence-electron chi connectivity index (χ1n) is 9.55. The van der Waals surface area contributed by atoms with E-state index in [0.29, 0.717) is 23.9 Å². The average molecular weight is 403 g/mol. The molecule has 1 amide bonds. The van der Waals surface area contributed by atoms with E-state index in [1.165, 1.54) is 0 Å². The molecule has 1 saturated heterocycles. The minimum Gasteiger partial charge on any atom is -0.484 e. The lowest BCUT2D eigenvalue weighted by molar-refractivity contribution is -0.135. The van der Waals surface area contributed by atoms with Crippen molar-refractivity contribution in [1.29, 1.82) is 0 Å². The summed E-state index contributed by atoms with van der Waals surface area (Å²) in [6, 6.07) is 15.3. The van der Waals surface area contributed by atoms with Crippen molar-refractivity contribution in [3.63, 3.8) is 0 Å². The van der Waals surface area contributed by atoms with Gasteiger partial charge in [-0.15, -0.1) is 0 Å². The lowest BCUT2D eigenvalue weighted by Crippen LogP contribution is -2.39. The van der Waals surface area contributed by atoms with Gasteiger partial charge in [0, 0.05) is 44.5 Å². The zero-order valence-electron chi connectivity index (χ0n) is 16.4. The van der Waals surface area contributed by atoms with Crippen LogP contribution in [0.1, 0.15) is 18.4 Å². The second-order valence-corrected chi connectivity index (χ2v) is 7.65. The number of ether oxygens (including phenoxy) is 2. The van der Waals surface area contributed by atoms with E-state index in [9.17, 15) is 4.79 Å². The van der Waals surface area contributed by atoms with Crippen molar-refractivity contribution >= 4 is 23.2 Å². The number of amides is 1. The number of carbonyl (C=O) groups is 1. The number of hydrogen-bond acceptors (Lipinski definition) is 4. The summed E-state index contributed by atoms with van der Waals surface area (Å²) in [4.78, 5) is 16.8. The van der Waals surface area contributed by atoms with Crippen LogP contribution in [0.5, 0.6) is 5.75 Å². The van der Waals surface area contributed by atoms with Crippen LogP contribution in [-0.4, -0.2) is 50.8 Å². The molecule has 0 spiro atoms. The summed E-state index contributed by atoms with van der Waals surface area (Å²) in [7, 11) is 4.02. The Hall–Kier alpha value is -2.24. The Labute approximate surface area is 171 Å². The zero-order chi connectivity index (χ0) is 19.9. The summed E-state index contributed by atoms with van der Waals surface area (Å²) in [6.45, 7) is 1.85. The van der Waals surface area contributed by atoms with Crippen LogP contribution in [0.3, 0.4) is 0 Å². The third-order valence-corrected chi connectivity index (χ3v) is 5.02. The van der Waals surface area contributed by atoms with Gasteiger partial charge in [-0.2, -0.15) is 0 Å².